The lowest BCUT2D eigenvalue weighted by Gasteiger charge is -2.08. The molecule has 104 valence electrons. The SMILES string of the molecule is CCCNc1ccc(C(=O)Nc2cccc(I)c2)cc1. The van der Waals surface area contributed by atoms with Gasteiger partial charge in [0.15, 0.2) is 0 Å². The smallest absolute Gasteiger partial charge is 0.255 e. The van der Waals surface area contributed by atoms with Gasteiger partial charge in [0, 0.05) is 27.1 Å². The highest BCUT2D eigenvalue weighted by atomic mass is 127. The van der Waals surface area contributed by atoms with Crippen LogP contribution in [-0.4, -0.2) is 12.5 Å². The van der Waals surface area contributed by atoms with Crippen molar-refractivity contribution >= 4 is 39.9 Å². The van der Waals surface area contributed by atoms with Crippen LogP contribution in [0.5, 0.6) is 0 Å². The maximum Gasteiger partial charge on any atom is 0.255 e. The molecule has 0 radical (unpaired) electrons. The predicted octanol–water partition coefficient (Wildman–Crippen LogP) is 4.37. The van der Waals surface area contributed by atoms with E-state index in [1.807, 2.05) is 48.5 Å². The Bertz CT molecular complexity index is 581. The van der Waals surface area contributed by atoms with Crippen LogP contribution in [0.3, 0.4) is 0 Å². The minimum atomic E-state index is -0.0889. The molecule has 0 atom stereocenters. The standard InChI is InChI=1S/C16H17IN2O/c1-2-10-18-14-8-6-12(7-9-14)16(20)19-15-5-3-4-13(17)11-15/h3-9,11,18H,2,10H2,1H3,(H,19,20). The monoisotopic (exact) mass is 380 g/mol. The molecule has 1 amide bonds. The Balaban J connectivity index is 2.02. The molecule has 0 spiro atoms. The molecule has 0 aromatic heterocycles. The number of amides is 1. The van der Waals surface area contributed by atoms with Gasteiger partial charge in [0.25, 0.3) is 5.91 Å². The topological polar surface area (TPSA) is 41.1 Å². The van der Waals surface area contributed by atoms with Gasteiger partial charge in [-0.1, -0.05) is 13.0 Å². The van der Waals surface area contributed by atoms with E-state index in [1.165, 1.54) is 0 Å². The van der Waals surface area contributed by atoms with Gasteiger partial charge in [0.1, 0.15) is 0 Å². The Labute approximate surface area is 132 Å². The molecule has 3 nitrogen and oxygen atoms in total. The van der Waals surface area contributed by atoms with Gasteiger partial charge in [-0.2, -0.15) is 0 Å². The second kappa shape index (κ2) is 7.28. The van der Waals surface area contributed by atoms with E-state index in [2.05, 4.69) is 40.1 Å². The molecule has 2 aromatic rings. The van der Waals surface area contributed by atoms with E-state index in [4.69, 9.17) is 0 Å². The third-order valence-corrected chi connectivity index (χ3v) is 3.48. The molecule has 0 saturated carbocycles. The molecular formula is C16H17IN2O. The summed E-state index contributed by atoms with van der Waals surface area (Å²) in [5, 5.41) is 6.18. The zero-order chi connectivity index (χ0) is 14.4. The zero-order valence-corrected chi connectivity index (χ0v) is 13.5. The average Bonchev–Trinajstić information content (AvgIpc) is 2.45. The maximum absolute atomic E-state index is 12.1. The summed E-state index contributed by atoms with van der Waals surface area (Å²) in [7, 11) is 0. The second-order valence-corrected chi connectivity index (χ2v) is 5.71. The van der Waals surface area contributed by atoms with E-state index in [1.54, 1.807) is 0 Å². The fraction of sp³-hybridized carbons (Fsp3) is 0.188. The summed E-state index contributed by atoms with van der Waals surface area (Å²) >= 11 is 2.22. The molecule has 2 N–H and O–H groups in total. The fourth-order valence-electron chi connectivity index (χ4n) is 1.78. The van der Waals surface area contributed by atoms with Crippen molar-refractivity contribution in [3.8, 4) is 0 Å². The van der Waals surface area contributed by atoms with Crippen molar-refractivity contribution in [2.75, 3.05) is 17.2 Å². The first kappa shape index (κ1) is 14.8. The number of benzene rings is 2. The summed E-state index contributed by atoms with van der Waals surface area (Å²) < 4.78 is 1.10. The minimum absolute atomic E-state index is 0.0889. The minimum Gasteiger partial charge on any atom is -0.385 e. The normalized spacial score (nSPS) is 10.1. The van der Waals surface area contributed by atoms with Crippen LogP contribution in [0.15, 0.2) is 48.5 Å². The molecule has 20 heavy (non-hydrogen) atoms. The first-order chi connectivity index (χ1) is 9.69. The van der Waals surface area contributed by atoms with Crippen LogP contribution in [-0.2, 0) is 0 Å². The molecule has 0 unspecified atom stereocenters. The molecule has 2 aromatic carbocycles. The van der Waals surface area contributed by atoms with Gasteiger partial charge < -0.3 is 10.6 Å². The number of nitrogens with one attached hydrogen (secondary N) is 2. The van der Waals surface area contributed by atoms with Crippen molar-refractivity contribution < 1.29 is 4.79 Å². The Morgan fingerprint density at radius 2 is 1.85 bits per heavy atom. The maximum atomic E-state index is 12.1. The number of carbonyl (C=O) groups is 1. The summed E-state index contributed by atoms with van der Waals surface area (Å²) in [6.07, 6.45) is 1.08. The van der Waals surface area contributed by atoms with Crippen molar-refractivity contribution in [2.24, 2.45) is 0 Å². The molecule has 0 heterocycles. The van der Waals surface area contributed by atoms with Gasteiger partial charge in [-0.15, -0.1) is 0 Å². The highest BCUT2D eigenvalue weighted by Crippen LogP contribution is 2.15. The van der Waals surface area contributed by atoms with E-state index in [-0.39, 0.29) is 5.91 Å². The van der Waals surface area contributed by atoms with Crippen LogP contribution in [0.4, 0.5) is 11.4 Å². The van der Waals surface area contributed by atoms with Crippen molar-refractivity contribution in [1.29, 1.82) is 0 Å². The zero-order valence-electron chi connectivity index (χ0n) is 11.3. The van der Waals surface area contributed by atoms with Gasteiger partial charge in [-0.05, 0) is 71.5 Å². The number of rotatable bonds is 5. The summed E-state index contributed by atoms with van der Waals surface area (Å²) in [5.41, 5.74) is 2.51. The van der Waals surface area contributed by atoms with Crippen LogP contribution in [0.25, 0.3) is 0 Å². The number of halogens is 1. The summed E-state index contributed by atoms with van der Waals surface area (Å²) in [6, 6.07) is 15.3. The van der Waals surface area contributed by atoms with Gasteiger partial charge >= 0.3 is 0 Å². The molecule has 2 rings (SSSR count). The highest BCUT2D eigenvalue weighted by molar-refractivity contribution is 14.1. The van der Waals surface area contributed by atoms with Crippen molar-refractivity contribution in [3.63, 3.8) is 0 Å². The molecule has 0 bridgehead atoms. The molecule has 0 aliphatic carbocycles. The van der Waals surface area contributed by atoms with Gasteiger partial charge in [-0.3, -0.25) is 4.79 Å². The molecule has 0 aliphatic heterocycles. The average molecular weight is 380 g/mol. The first-order valence-electron chi connectivity index (χ1n) is 6.60. The van der Waals surface area contributed by atoms with Crippen LogP contribution >= 0.6 is 22.6 Å². The van der Waals surface area contributed by atoms with Crippen LogP contribution in [0.1, 0.15) is 23.7 Å². The van der Waals surface area contributed by atoms with Crippen LogP contribution in [0.2, 0.25) is 0 Å². The van der Waals surface area contributed by atoms with Crippen molar-refractivity contribution in [2.45, 2.75) is 13.3 Å². The highest BCUT2D eigenvalue weighted by Gasteiger charge is 2.06. The quantitative estimate of drug-likeness (QED) is 0.757. The lowest BCUT2D eigenvalue weighted by Crippen LogP contribution is -2.12. The van der Waals surface area contributed by atoms with E-state index >= 15 is 0 Å². The molecule has 4 heteroatoms. The first-order valence-corrected chi connectivity index (χ1v) is 7.68. The Morgan fingerprint density at radius 1 is 1.10 bits per heavy atom. The number of anilines is 2. The van der Waals surface area contributed by atoms with Gasteiger partial charge in [0.05, 0.1) is 0 Å². The number of carbonyl (C=O) groups excluding carboxylic acids is 1. The van der Waals surface area contributed by atoms with Crippen LogP contribution in [0, 0.1) is 3.57 Å². The molecule has 0 aliphatic rings. The van der Waals surface area contributed by atoms with E-state index in [0.29, 0.717) is 5.56 Å². The van der Waals surface area contributed by atoms with Crippen molar-refractivity contribution in [1.82, 2.24) is 0 Å². The Hall–Kier alpha value is -1.56. The lowest BCUT2D eigenvalue weighted by molar-refractivity contribution is 0.102. The summed E-state index contributed by atoms with van der Waals surface area (Å²) in [4.78, 5) is 12.1. The van der Waals surface area contributed by atoms with Crippen LogP contribution < -0.4 is 10.6 Å². The molecular weight excluding hydrogens is 363 g/mol. The number of hydrogen-bond acceptors (Lipinski definition) is 2. The lowest BCUT2D eigenvalue weighted by atomic mass is 10.2. The van der Waals surface area contributed by atoms with E-state index in [0.717, 1.165) is 27.9 Å². The predicted molar refractivity (Wildman–Crippen MR) is 92.3 cm³/mol. The third kappa shape index (κ3) is 4.23. The largest absolute Gasteiger partial charge is 0.385 e. The Morgan fingerprint density at radius 3 is 2.50 bits per heavy atom. The van der Waals surface area contributed by atoms with Gasteiger partial charge in [0.2, 0.25) is 0 Å². The van der Waals surface area contributed by atoms with E-state index < -0.39 is 0 Å². The second-order valence-electron chi connectivity index (χ2n) is 4.47. The van der Waals surface area contributed by atoms with Crippen molar-refractivity contribution in [3.05, 3.63) is 57.7 Å². The number of hydrogen-bond donors (Lipinski definition) is 2. The van der Waals surface area contributed by atoms with E-state index in [9.17, 15) is 4.79 Å². The van der Waals surface area contributed by atoms with Gasteiger partial charge in [-0.25, -0.2) is 0 Å². The third-order valence-electron chi connectivity index (χ3n) is 2.81. The molecule has 0 fully saturated rings. The Kier molecular flexibility index (Phi) is 5.40. The summed E-state index contributed by atoms with van der Waals surface area (Å²) in [6.45, 7) is 3.06. The summed E-state index contributed by atoms with van der Waals surface area (Å²) in [5.74, 6) is -0.0889. The fourth-order valence-corrected chi connectivity index (χ4v) is 2.32. The molecule has 0 saturated heterocycles.